The summed E-state index contributed by atoms with van der Waals surface area (Å²) in [4.78, 5) is 33.2. The number of nitrogens with zero attached hydrogens (tertiary/aromatic N) is 1. The predicted octanol–water partition coefficient (Wildman–Crippen LogP) is 2.45. The summed E-state index contributed by atoms with van der Waals surface area (Å²) in [7, 11) is 0. The fourth-order valence-corrected chi connectivity index (χ4v) is 1.63. The van der Waals surface area contributed by atoms with Crippen molar-refractivity contribution in [3.63, 3.8) is 0 Å². The van der Waals surface area contributed by atoms with Gasteiger partial charge < -0.3 is 10.6 Å². The lowest BCUT2D eigenvalue weighted by Gasteiger charge is -2.07. The number of benzene rings is 2. The van der Waals surface area contributed by atoms with Crippen molar-refractivity contribution in [2.24, 2.45) is 0 Å². The van der Waals surface area contributed by atoms with E-state index in [4.69, 9.17) is 0 Å². The Morgan fingerprint density at radius 3 is 2.17 bits per heavy atom. The molecule has 0 saturated carbocycles. The molecule has 2 rings (SSSR count). The van der Waals surface area contributed by atoms with E-state index < -0.39 is 34.1 Å². The number of nitrogens with one attached hydrogen (secondary N) is 2. The normalized spacial score (nSPS) is 10.0. The summed E-state index contributed by atoms with van der Waals surface area (Å²) in [6, 6.07) is 7.13. The predicted molar refractivity (Wildman–Crippen MR) is 76.7 cm³/mol. The first-order chi connectivity index (χ1) is 10.9. The monoisotopic (exact) mass is 321 g/mol. The van der Waals surface area contributed by atoms with Crippen LogP contribution in [0.1, 0.15) is 0 Å². The molecule has 2 aromatic carbocycles. The van der Waals surface area contributed by atoms with Gasteiger partial charge in [0.25, 0.3) is 5.69 Å². The summed E-state index contributed by atoms with van der Waals surface area (Å²) in [5, 5.41) is 14.6. The number of nitro groups is 1. The van der Waals surface area contributed by atoms with Crippen molar-refractivity contribution in [2.45, 2.75) is 0 Å². The Balaban J connectivity index is 2.03. The molecule has 118 valence electrons. The van der Waals surface area contributed by atoms with E-state index in [-0.39, 0.29) is 11.4 Å². The van der Waals surface area contributed by atoms with E-state index in [1.807, 2.05) is 5.32 Å². The Hall–Kier alpha value is -3.36. The van der Waals surface area contributed by atoms with Gasteiger partial charge in [-0.3, -0.25) is 19.7 Å². The molecule has 0 aliphatic carbocycles. The second kappa shape index (κ2) is 6.60. The summed E-state index contributed by atoms with van der Waals surface area (Å²) >= 11 is 0. The lowest BCUT2D eigenvalue weighted by molar-refractivity contribution is -0.384. The van der Waals surface area contributed by atoms with Crippen molar-refractivity contribution in [1.29, 1.82) is 0 Å². The zero-order valence-electron chi connectivity index (χ0n) is 11.4. The van der Waals surface area contributed by atoms with Crippen molar-refractivity contribution >= 4 is 28.9 Å². The summed E-state index contributed by atoms with van der Waals surface area (Å²) in [5.74, 6) is -4.03. The number of carbonyl (C=O) groups is 2. The van der Waals surface area contributed by atoms with Gasteiger partial charge in [0.1, 0.15) is 11.6 Å². The molecule has 2 aromatic rings. The fourth-order valence-electron chi connectivity index (χ4n) is 1.63. The number of nitro benzene ring substituents is 1. The van der Waals surface area contributed by atoms with Crippen LogP contribution in [0.4, 0.5) is 25.8 Å². The molecule has 0 atom stereocenters. The van der Waals surface area contributed by atoms with E-state index in [2.05, 4.69) is 5.32 Å². The van der Waals surface area contributed by atoms with E-state index in [9.17, 15) is 28.5 Å². The van der Waals surface area contributed by atoms with Gasteiger partial charge >= 0.3 is 11.8 Å². The summed E-state index contributed by atoms with van der Waals surface area (Å²) in [6.45, 7) is 0. The molecule has 23 heavy (non-hydrogen) atoms. The topological polar surface area (TPSA) is 101 Å². The molecule has 0 heterocycles. The molecule has 0 spiro atoms. The molecule has 0 radical (unpaired) electrons. The van der Waals surface area contributed by atoms with Gasteiger partial charge in [-0.2, -0.15) is 0 Å². The number of carbonyl (C=O) groups excluding carboxylic acids is 2. The highest BCUT2D eigenvalue weighted by Gasteiger charge is 2.16. The van der Waals surface area contributed by atoms with Gasteiger partial charge in [0, 0.05) is 23.9 Å². The minimum atomic E-state index is -1.21. The van der Waals surface area contributed by atoms with Crippen LogP contribution in [0, 0.1) is 21.7 Å². The molecule has 0 aliphatic rings. The van der Waals surface area contributed by atoms with Gasteiger partial charge in [0.2, 0.25) is 0 Å². The Kier molecular flexibility index (Phi) is 4.60. The van der Waals surface area contributed by atoms with Gasteiger partial charge in [-0.05, 0) is 24.3 Å². The summed E-state index contributed by atoms with van der Waals surface area (Å²) in [6.07, 6.45) is 0. The van der Waals surface area contributed by atoms with Gasteiger partial charge in [-0.25, -0.2) is 8.78 Å². The summed E-state index contributed by atoms with van der Waals surface area (Å²) in [5.41, 5.74) is -0.529. The van der Waals surface area contributed by atoms with Gasteiger partial charge in [-0.1, -0.05) is 0 Å². The molecular formula is C14H9F2N3O4. The van der Waals surface area contributed by atoms with Crippen LogP contribution in [0.2, 0.25) is 0 Å². The van der Waals surface area contributed by atoms with Crippen LogP contribution in [-0.4, -0.2) is 16.7 Å². The number of non-ortho nitro benzene ring substituents is 1. The maximum Gasteiger partial charge on any atom is 0.314 e. The smallest absolute Gasteiger partial charge is 0.314 e. The molecule has 0 aliphatic heterocycles. The lowest BCUT2D eigenvalue weighted by atomic mass is 10.2. The Morgan fingerprint density at radius 1 is 0.957 bits per heavy atom. The highest BCUT2D eigenvalue weighted by Crippen LogP contribution is 2.17. The zero-order chi connectivity index (χ0) is 17.0. The van der Waals surface area contributed by atoms with Crippen LogP contribution in [0.25, 0.3) is 0 Å². The first kappa shape index (κ1) is 16.0. The number of hydrogen-bond acceptors (Lipinski definition) is 4. The quantitative estimate of drug-likeness (QED) is 0.515. The zero-order valence-corrected chi connectivity index (χ0v) is 11.4. The first-order valence-corrected chi connectivity index (χ1v) is 6.18. The lowest BCUT2D eigenvalue weighted by Crippen LogP contribution is -2.29. The fraction of sp³-hybridized carbons (Fsp3) is 0. The third-order valence-corrected chi connectivity index (χ3v) is 2.72. The highest BCUT2D eigenvalue weighted by molar-refractivity contribution is 6.43. The molecule has 0 unspecified atom stereocenters. The van der Waals surface area contributed by atoms with E-state index in [1.54, 1.807) is 0 Å². The SMILES string of the molecule is O=C(Nc1ccc([N+](=O)[O-])cc1)C(=O)Nc1cc(F)ccc1F. The van der Waals surface area contributed by atoms with Crippen molar-refractivity contribution in [3.05, 3.63) is 64.2 Å². The molecule has 0 aromatic heterocycles. The molecule has 0 bridgehead atoms. The minimum Gasteiger partial charge on any atom is -0.318 e. The van der Waals surface area contributed by atoms with Gasteiger partial charge in [0.05, 0.1) is 10.6 Å². The molecule has 0 saturated heterocycles. The highest BCUT2D eigenvalue weighted by atomic mass is 19.1. The van der Waals surface area contributed by atoms with Crippen LogP contribution >= 0.6 is 0 Å². The van der Waals surface area contributed by atoms with Crippen LogP contribution in [0.5, 0.6) is 0 Å². The Bertz CT molecular complexity index is 778. The van der Waals surface area contributed by atoms with Crippen molar-refractivity contribution in [3.8, 4) is 0 Å². The molecule has 2 N–H and O–H groups in total. The number of rotatable bonds is 3. The minimum absolute atomic E-state index is 0.135. The largest absolute Gasteiger partial charge is 0.318 e. The van der Waals surface area contributed by atoms with E-state index in [1.165, 1.54) is 12.1 Å². The third kappa shape index (κ3) is 4.06. The molecule has 7 nitrogen and oxygen atoms in total. The second-order valence-corrected chi connectivity index (χ2v) is 4.34. The maximum atomic E-state index is 13.4. The molecule has 2 amide bonds. The number of amides is 2. The Morgan fingerprint density at radius 2 is 1.57 bits per heavy atom. The van der Waals surface area contributed by atoms with E-state index in [0.717, 1.165) is 30.3 Å². The Labute approximate surface area is 128 Å². The second-order valence-electron chi connectivity index (χ2n) is 4.34. The van der Waals surface area contributed by atoms with Crippen molar-refractivity contribution < 1.29 is 23.3 Å². The van der Waals surface area contributed by atoms with Crippen LogP contribution in [0.15, 0.2) is 42.5 Å². The van der Waals surface area contributed by atoms with Crippen LogP contribution < -0.4 is 10.6 Å². The maximum absolute atomic E-state index is 13.4. The van der Waals surface area contributed by atoms with Crippen LogP contribution in [0.3, 0.4) is 0 Å². The van der Waals surface area contributed by atoms with Crippen molar-refractivity contribution in [2.75, 3.05) is 10.6 Å². The average molecular weight is 321 g/mol. The molecular weight excluding hydrogens is 312 g/mol. The molecule has 0 fully saturated rings. The molecule has 9 heteroatoms. The summed E-state index contributed by atoms with van der Waals surface area (Å²) < 4.78 is 26.3. The number of anilines is 2. The number of halogens is 2. The average Bonchev–Trinajstić information content (AvgIpc) is 2.51. The van der Waals surface area contributed by atoms with Crippen LogP contribution in [-0.2, 0) is 9.59 Å². The van der Waals surface area contributed by atoms with Gasteiger partial charge in [0.15, 0.2) is 0 Å². The number of hydrogen-bond donors (Lipinski definition) is 2. The van der Waals surface area contributed by atoms with Crippen molar-refractivity contribution in [1.82, 2.24) is 0 Å². The van der Waals surface area contributed by atoms with E-state index >= 15 is 0 Å². The van der Waals surface area contributed by atoms with Gasteiger partial charge in [-0.15, -0.1) is 0 Å². The standard InChI is InChI=1S/C14H9F2N3O4/c15-8-1-6-11(16)12(7-8)18-14(21)13(20)17-9-2-4-10(5-3-9)19(22)23/h1-7H,(H,17,20)(H,18,21). The third-order valence-electron chi connectivity index (χ3n) is 2.72. The first-order valence-electron chi connectivity index (χ1n) is 6.18. The van der Waals surface area contributed by atoms with E-state index in [0.29, 0.717) is 0 Å².